The second-order valence-corrected chi connectivity index (χ2v) is 6.45. The summed E-state index contributed by atoms with van der Waals surface area (Å²) in [6.07, 6.45) is 7.36. The van der Waals surface area contributed by atoms with Crippen LogP contribution in [-0.4, -0.2) is 17.4 Å². The van der Waals surface area contributed by atoms with Crippen LogP contribution in [0, 0.1) is 11.3 Å². The Hall–Kier alpha value is -0.640. The Labute approximate surface area is 130 Å². The second-order valence-electron chi connectivity index (χ2n) is 6.01. The molecule has 1 amide bonds. The standard InChI is InChI=1S/C16H32N2OS/c1-5-16(6-2,14(17)20)15(19)18-12-10-8-7-9-11-13(3)4/h13H,5-12H2,1-4H3,(H2,17,20)(H,18,19). The zero-order valence-corrected chi connectivity index (χ0v) is 14.4. The molecule has 0 radical (unpaired) electrons. The maximum Gasteiger partial charge on any atom is 0.233 e. The van der Waals surface area contributed by atoms with Crippen LogP contribution < -0.4 is 11.1 Å². The van der Waals surface area contributed by atoms with Crippen LogP contribution in [0.4, 0.5) is 0 Å². The third-order valence-electron chi connectivity index (χ3n) is 4.11. The molecule has 20 heavy (non-hydrogen) atoms. The number of amides is 1. The molecule has 4 heteroatoms. The number of nitrogens with one attached hydrogen (secondary N) is 1. The van der Waals surface area contributed by atoms with Crippen LogP contribution in [0.15, 0.2) is 0 Å². The SMILES string of the molecule is CCC(CC)(C(=O)NCCCCCCC(C)C)C(N)=S. The van der Waals surface area contributed by atoms with Gasteiger partial charge in [-0.2, -0.15) is 0 Å². The van der Waals surface area contributed by atoms with Crippen LogP contribution in [0.3, 0.4) is 0 Å². The first-order valence-corrected chi connectivity index (χ1v) is 8.39. The lowest BCUT2D eigenvalue weighted by Crippen LogP contribution is -2.48. The highest BCUT2D eigenvalue weighted by Gasteiger charge is 2.37. The number of unbranched alkanes of at least 4 members (excludes halogenated alkanes) is 3. The molecule has 0 aliphatic carbocycles. The van der Waals surface area contributed by atoms with Crippen molar-refractivity contribution in [2.75, 3.05) is 6.54 Å². The largest absolute Gasteiger partial charge is 0.392 e. The molecule has 0 aliphatic rings. The number of carbonyl (C=O) groups excluding carboxylic acids is 1. The van der Waals surface area contributed by atoms with Crippen molar-refractivity contribution in [3.05, 3.63) is 0 Å². The zero-order chi connectivity index (χ0) is 15.6. The van der Waals surface area contributed by atoms with E-state index in [1.807, 2.05) is 13.8 Å². The average Bonchev–Trinajstić information content (AvgIpc) is 2.39. The molecule has 0 rings (SSSR count). The first-order chi connectivity index (χ1) is 9.40. The molecule has 0 unspecified atom stereocenters. The highest BCUT2D eigenvalue weighted by molar-refractivity contribution is 7.80. The molecule has 118 valence electrons. The minimum atomic E-state index is -0.660. The van der Waals surface area contributed by atoms with Crippen molar-refractivity contribution in [2.24, 2.45) is 17.1 Å². The molecule has 0 heterocycles. The fourth-order valence-electron chi connectivity index (χ4n) is 2.43. The molecule has 0 spiro atoms. The highest BCUT2D eigenvalue weighted by atomic mass is 32.1. The average molecular weight is 301 g/mol. The van der Waals surface area contributed by atoms with Gasteiger partial charge >= 0.3 is 0 Å². The Balaban J connectivity index is 3.95. The Kier molecular flexibility index (Phi) is 9.82. The lowest BCUT2D eigenvalue weighted by Gasteiger charge is -2.28. The summed E-state index contributed by atoms with van der Waals surface area (Å²) in [4.78, 5) is 12.6. The van der Waals surface area contributed by atoms with Gasteiger partial charge in [-0.05, 0) is 25.2 Å². The van der Waals surface area contributed by atoms with E-state index in [0.29, 0.717) is 17.8 Å². The third kappa shape index (κ3) is 6.21. The van der Waals surface area contributed by atoms with E-state index in [0.717, 1.165) is 18.9 Å². The van der Waals surface area contributed by atoms with Crippen molar-refractivity contribution in [2.45, 2.75) is 72.6 Å². The molecule has 0 atom stereocenters. The maximum atomic E-state index is 12.3. The number of carbonyl (C=O) groups is 1. The summed E-state index contributed by atoms with van der Waals surface area (Å²) >= 11 is 5.08. The third-order valence-corrected chi connectivity index (χ3v) is 4.50. The molecule has 0 aromatic rings. The lowest BCUT2D eigenvalue weighted by molar-refractivity contribution is -0.127. The lowest BCUT2D eigenvalue weighted by atomic mass is 9.81. The molecule has 3 nitrogen and oxygen atoms in total. The fraction of sp³-hybridized carbons (Fsp3) is 0.875. The normalized spacial score (nSPS) is 11.7. The molecule has 0 aromatic heterocycles. The van der Waals surface area contributed by atoms with Gasteiger partial charge in [-0.3, -0.25) is 4.79 Å². The van der Waals surface area contributed by atoms with E-state index in [9.17, 15) is 4.79 Å². The van der Waals surface area contributed by atoms with Crippen LogP contribution in [0.2, 0.25) is 0 Å². The first kappa shape index (κ1) is 19.4. The Morgan fingerprint density at radius 1 is 1.15 bits per heavy atom. The predicted molar refractivity (Wildman–Crippen MR) is 90.7 cm³/mol. The molecule has 0 saturated carbocycles. The van der Waals surface area contributed by atoms with E-state index in [4.69, 9.17) is 18.0 Å². The van der Waals surface area contributed by atoms with E-state index < -0.39 is 5.41 Å². The van der Waals surface area contributed by atoms with Crippen LogP contribution in [0.1, 0.15) is 72.6 Å². The van der Waals surface area contributed by atoms with Gasteiger partial charge in [0, 0.05) is 6.54 Å². The predicted octanol–water partition coefficient (Wildman–Crippen LogP) is 3.80. The van der Waals surface area contributed by atoms with Gasteiger partial charge in [0.1, 0.15) is 0 Å². The summed E-state index contributed by atoms with van der Waals surface area (Å²) in [5, 5.41) is 3.00. The van der Waals surface area contributed by atoms with Gasteiger partial charge < -0.3 is 11.1 Å². The number of rotatable bonds is 11. The van der Waals surface area contributed by atoms with Gasteiger partial charge in [0.2, 0.25) is 5.91 Å². The van der Waals surface area contributed by atoms with E-state index in [1.165, 1.54) is 25.7 Å². The van der Waals surface area contributed by atoms with Gasteiger partial charge in [0.05, 0.1) is 10.4 Å². The molecule has 0 saturated heterocycles. The summed E-state index contributed by atoms with van der Waals surface area (Å²) in [5.41, 5.74) is 5.10. The summed E-state index contributed by atoms with van der Waals surface area (Å²) in [6.45, 7) is 9.17. The van der Waals surface area contributed by atoms with Crippen molar-refractivity contribution in [3.8, 4) is 0 Å². The van der Waals surface area contributed by atoms with Crippen molar-refractivity contribution in [3.63, 3.8) is 0 Å². The Bertz CT molecular complexity index is 299. The van der Waals surface area contributed by atoms with Crippen LogP contribution in [0.5, 0.6) is 0 Å². The van der Waals surface area contributed by atoms with Gasteiger partial charge in [-0.15, -0.1) is 0 Å². The van der Waals surface area contributed by atoms with Crippen LogP contribution in [-0.2, 0) is 4.79 Å². The monoisotopic (exact) mass is 300 g/mol. The van der Waals surface area contributed by atoms with Gasteiger partial charge in [-0.25, -0.2) is 0 Å². The molecule has 0 fully saturated rings. The quantitative estimate of drug-likeness (QED) is 0.451. The Morgan fingerprint density at radius 3 is 2.15 bits per heavy atom. The number of nitrogens with two attached hydrogens (primary N) is 1. The molecular weight excluding hydrogens is 268 g/mol. The Morgan fingerprint density at radius 2 is 1.70 bits per heavy atom. The smallest absolute Gasteiger partial charge is 0.233 e. The summed E-state index contributed by atoms with van der Waals surface area (Å²) in [5.74, 6) is 0.784. The highest BCUT2D eigenvalue weighted by Crippen LogP contribution is 2.27. The molecule has 0 aromatic carbocycles. The maximum absolute atomic E-state index is 12.3. The van der Waals surface area contributed by atoms with Crippen LogP contribution >= 0.6 is 12.2 Å². The van der Waals surface area contributed by atoms with E-state index >= 15 is 0 Å². The van der Waals surface area contributed by atoms with Crippen molar-refractivity contribution in [1.82, 2.24) is 5.32 Å². The molecule has 0 bridgehead atoms. The fourth-order valence-corrected chi connectivity index (χ4v) is 2.82. The zero-order valence-electron chi connectivity index (χ0n) is 13.6. The van der Waals surface area contributed by atoms with Gasteiger partial charge in [0.25, 0.3) is 0 Å². The molecular formula is C16H32N2OS. The number of hydrogen-bond acceptors (Lipinski definition) is 2. The van der Waals surface area contributed by atoms with E-state index in [-0.39, 0.29) is 5.91 Å². The van der Waals surface area contributed by atoms with E-state index in [2.05, 4.69) is 19.2 Å². The molecule has 3 N–H and O–H groups in total. The topological polar surface area (TPSA) is 55.1 Å². The minimum absolute atomic E-state index is 0.00261. The first-order valence-electron chi connectivity index (χ1n) is 7.98. The molecule has 0 aliphatic heterocycles. The second kappa shape index (κ2) is 10.1. The van der Waals surface area contributed by atoms with Crippen molar-refractivity contribution >= 4 is 23.1 Å². The number of hydrogen-bond donors (Lipinski definition) is 2. The van der Waals surface area contributed by atoms with E-state index in [1.54, 1.807) is 0 Å². The summed E-state index contributed by atoms with van der Waals surface area (Å²) in [6, 6.07) is 0. The minimum Gasteiger partial charge on any atom is -0.392 e. The van der Waals surface area contributed by atoms with Gasteiger partial charge in [0.15, 0.2) is 0 Å². The van der Waals surface area contributed by atoms with Gasteiger partial charge in [-0.1, -0.05) is 65.6 Å². The summed E-state index contributed by atoms with van der Waals surface area (Å²) < 4.78 is 0. The summed E-state index contributed by atoms with van der Waals surface area (Å²) in [7, 11) is 0. The van der Waals surface area contributed by atoms with Crippen molar-refractivity contribution < 1.29 is 4.79 Å². The number of thiocarbonyl (C=S) groups is 1. The van der Waals surface area contributed by atoms with Crippen LogP contribution in [0.25, 0.3) is 0 Å². The van der Waals surface area contributed by atoms with Crippen molar-refractivity contribution in [1.29, 1.82) is 0 Å².